The maximum atomic E-state index is 13.4. The summed E-state index contributed by atoms with van der Waals surface area (Å²) in [5.74, 6) is 0.594. The first-order valence-electron chi connectivity index (χ1n) is 6.64. The summed E-state index contributed by atoms with van der Waals surface area (Å²) in [6.07, 6.45) is 0.914. The zero-order chi connectivity index (χ0) is 13.0. The average molecular weight is 252 g/mol. The van der Waals surface area contributed by atoms with E-state index in [1.807, 2.05) is 30.3 Å². The van der Waals surface area contributed by atoms with Gasteiger partial charge in [-0.3, -0.25) is 4.79 Å². The topological polar surface area (TPSA) is 17.1 Å². The summed E-state index contributed by atoms with van der Waals surface area (Å²) in [4.78, 5) is 12.4. The predicted octanol–water partition coefficient (Wildman–Crippen LogP) is 3.91. The third-order valence-electron chi connectivity index (χ3n) is 4.57. The fourth-order valence-electron chi connectivity index (χ4n) is 3.66. The molecular formula is C17H13FO. The van der Waals surface area contributed by atoms with Crippen LogP contribution in [0.5, 0.6) is 0 Å². The molecule has 3 aliphatic rings. The van der Waals surface area contributed by atoms with Gasteiger partial charge >= 0.3 is 0 Å². The Morgan fingerprint density at radius 1 is 1.00 bits per heavy atom. The molecule has 0 heterocycles. The van der Waals surface area contributed by atoms with Crippen molar-refractivity contribution in [2.45, 2.75) is 18.3 Å². The van der Waals surface area contributed by atoms with Crippen molar-refractivity contribution in [2.24, 2.45) is 5.92 Å². The second-order valence-electron chi connectivity index (χ2n) is 5.48. The maximum absolute atomic E-state index is 13.4. The lowest BCUT2D eigenvalue weighted by Gasteiger charge is -2.49. The molecule has 2 aromatic rings. The first kappa shape index (κ1) is 10.9. The molecule has 0 aromatic heterocycles. The number of benzene rings is 2. The molecule has 0 saturated heterocycles. The van der Waals surface area contributed by atoms with Gasteiger partial charge in [-0.2, -0.15) is 0 Å². The highest BCUT2D eigenvalue weighted by Crippen LogP contribution is 2.58. The maximum Gasteiger partial charge on any atom is 0.166 e. The number of hydrogen-bond donors (Lipinski definition) is 0. The van der Waals surface area contributed by atoms with Crippen LogP contribution in [0, 0.1) is 11.7 Å². The first-order chi connectivity index (χ1) is 9.25. The Hall–Kier alpha value is -1.96. The van der Waals surface area contributed by atoms with E-state index >= 15 is 0 Å². The molecule has 0 amide bonds. The normalized spacial score (nSPS) is 27.6. The molecular weight excluding hydrogens is 239 g/mol. The molecule has 1 saturated carbocycles. The lowest BCUT2D eigenvalue weighted by Crippen LogP contribution is -2.43. The minimum atomic E-state index is -0.219. The van der Waals surface area contributed by atoms with E-state index in [1.165, 1.54) is 6.07 Å². The predicted molar refractivity (Wildman–Crippen MR) is 70.8 cm³/mol. The van der Waals surface area contributed by atoms with Gasteiger partial charge in [0.15, 0.2) is 5.78 Å². The SMILES string of the molecule is O=C1c2ccccc2C2CC1C2c1cccc(F)c1. The van der Waals surface area contributed by atoms with E-state index in [1.54, 1.807) is 12.1 Å². The minimum absolute atomic E-state index is 0.0432. The summed E-state index contributed by atoms with van der Waals surface area (Å²) < 4.78 is 13.4. The zero-order valence-corrected chi connectivity index (χ0v) is 10.3. The largest absolute Gasteiger partial charge is 0.294 e. The van der Waals surface area contributed by atoms with Gasteiger partial charge in [0.2, 0.25) is 0 Å². The summed E-state index contributed by atoms with van der Waals surface area (Å²) in [5.41, 5.74) is 2.98. The molecule has 3 unspecified atom stereocenters. The zero-order valence-electron chi connectivity index (χ0n) is 10.3. The van der Waals surface area contributed by atoms with Gasteiger partial charge in [0, 0.05) is 17.4 Å². The number of carbonyl (C=O) groups is 1. The Bertz CT molecular complexity index is 676. The molecule has 3 aliphatic carbocycles. The van der Waals surface area contributed by atoms with Gasteiger partial charge < -0.3 is 0 Å². The molecule has 0 spiro atoms. The molecule has 5 rings (SSSR count). The van der Waals surface area contributed by atoms with Gasteiger partial charge in [0.1, 0.15) is 5.82 Å². The Morgan fingerprint density at radius 3 is 2.68 bits per heavy atom. The number of halogens is 1. The van der Waals surface area contributed by atoms with Crippen LogP contribution in [0.1, 0.15) is 39.7 Å². The second kappa shape index (κ2) is 3.77. The van der Waals surface area contributed by atoms with Crippen LogP contribution < -0.4 is 0 Å². The summed E-state index contributed by atoms with van der Waals surface area (Å²) in [7, 11) is 0. The van der Waals surface area contributed by atoms with E-state index in [-0.39, 0.29) is 23.4 Å². The van der Waals surface area contributed by atoms with Gasteiger partial charge in [-0.15, -0.1) is 0 Å². The smallest absolute Gasteiger partial charge is 0.166 e. The van der Waals surface area contributed by atoms with E-state index in [4.69, 9.17) is 0 Å². The van der Waals surface area contributed by atoms with Gasteiger partial charge in [0.25, 0.3) is 0 Å². The fraction of sp³-hybridized carbons (Fsp3) is 0.235. The Kier molecular flexibility index (Phi) is 2.16. The van der Waals surface area contributed by atoms with Gasteiger partial charge in [0.05, 0.1) is 0 Å². The van der Waals surface area contributed by atoms with Crippen molar-refractivity contribution < 1.29 is 9.18 Å². The van der Waals surface area contributed by atoms with E-state index in [0.717, 1.165) is 23.1 Å². The molecule has 2 heteroatoms. The van der Waals surface area contributed by atoms with Crippen molar-refractivity contribution in [1.29, 1.82) is 0 Å². The van der Waals surface area contributed by atoms with Crippen molar-refractivity contribution in [3.63, 3.8) is 0 Å². The monoisotopic (exact) mass is 252 g/mol. The molecule has 2 aromatic carbocycles. The van der Waals surface area contributed by atoms with E-state index in [0.29, 0.717) is 5.92 Å². The highest BCUT2D eigenvalue weighted by Gasteiger charge is 2.51. The average Bonchev–Trinajstić information content (AvgIpc) is 2.38. The summed E-state index contributed by atoms with van der Waals surface area (Å²) in [6.45, 7) is 0. The quantitative estimate of drug-likeness (QED) is 0.752. The van der Waals surface area contributed by atoms with E-state index < -0.39 is 0 Å². The lowest BCUT2D eigenvalue weighted by molar-refractivity contribution is 0.0733. The van der Waals surface area contributed by atoms with Crippen LogP contribution in [0.4, 0.5) is 4.39 Å². The van der Waals surface area contributed by atoms with Crippen LogP contribution in [0.25, 0.3) is 0 Å². The van der Waals surface area contributed by atoms with Gasteiger partial charge in [-0.05, 0) is 35.6 Å². The summed E-state index contributed by atoms with van der Waals surface area (Å²) in [5, 5.41) is 0. The van der Waals surface area contributed by atoms with Crippen LogP contribution in [0.3, 0.4) is 0 Å². The van der Waals surface area contributed by atoms with Crippen molar-refractivity contribution in [3.8, 4) is 0 Å². The van der Waals surface area contributed by atoms with Crippen LogP contribution in [-0.4, -0.2) is 5.78 Å². The first-order valence-corrected chi connectivity index (χ1v) is 6.64. The number of ketones is 1. The standard InChI is InChI=1S/C17H13FO/c18-11-5-3-4-10(8-11)16-14-9-15(16)17(19)13-7-2-1-6-12(13)14/h1-8,14-16H,9H2. The molecule has 0 aliphatic heterocycles. The minimum Gasteiger partial charge on any atom is -0.294 e. The van der Waals surface area contributed by atoms with Gasteiger partial charge in [-0.1, -0.05) is 36.4 Å². The number of carbonyl (C=O) groups excluding carboxylic acids is 1. The number of Topliss-reactive ketones (excluding diaryl/α,β-unsaturated/α-hetero) is 1. The Balaban J connectivity index is 1.82. The highest BCUT2D eigenvalue weighted by molar-refractivity contribution is 6.03. The molecule has 2 bridgehead atoms. The molecule has 1 nitrogen and oxygen atoms in total. The molecule has 0 radical (unpaired) electrons. The third kappa shape index (κ3) is 1.43. The molecule has 3 atom stereocenters. The second-order valence-corrected chi connectivity index (χ2v) is 5.48. The van der Waals surface area contributed by atoms with Crippen LogP contribution in [-0.2, 0) is 0 Å². The van der Waals surface area contributed by atoms with Crippen molar-refractivity contribution in [3.05, 3.63) is 71.0 Å². The lowest BCUT2D eigenvalue weighted by atomic mass is 9.53. The molecule has 0 N–H and O–H groups in total. The van der Waals surface area contributed by atoms with E-state index in [9.17, 15) is 9.18 Å². The number of hydrogen-bond acceptors (Lipinski definition) is 1. The molecule has 1 fully saturated rings. The van der Waals surface area contributed by atoms with Crippen molar-refractivity contribution in [1.82, 2.24) is 0 Å². The molecule has 94 valence electrons. The van der Waals surface area contributed by atoms with Gasteiger partial charge in [-0.25, -0.2) is 4.39 Å². The van der Waals surface area contributed by atoms with Crippen LogP contribution in [0.15, 0.2) is 48.5 Å². The highest BCUT2D eigenvalue weighted by atomic mass is 19.1. The van der Waals surface area contributed by atoms with Crippen LogP contribution >= 0.6 is 0 Å². The fourth-order valence-corrected chi connectivity index (χ4v) is 3.66. The Morgan fingerprint density at radius 2 is 1.84 bits per heavy atom. The summed E-state index contributed by atoms with van der Waals surface area (Å²) in [6, 6.07) is 14.5. The van der Waals surface area contributed by atoms with Crippen molar-refractivity contribution in [2.75, 3.05) is 0 Å². The Labute approximate surface area is 111 Å². The molecule has 19 heavy (non-hydrogen) atoms. The van der Waals surface area contributed by atoms with E-state index in [2.05, 4.69) is 0 Å². The number of rotatable bonds is 1. The van der Waals surface area contributed by atoms with Crippen LogP contribution in [0.2, 0.25) is 0 Å². The summed E-state index contributed by atoms with van der Waals surface area (Å²) >= 11 is 0. The third-order valence-corrected chi connectivity index (χ3v) is 4.57. The van der Waals surface area contributed by atoms with Crippen molar-refractivity contribution >= 4 is 5.78 Å².